The second kappa shape index (κ2) is 6.78. The first-order valence-corrected chi connectivity index (χ1v) is 7.47. The Kier molecular flexibility index (Phi) is 5.29. The molecule has 20 heavy (non-hydrogen) atoms. The van der Waals surface area contributed by atoms with E-state index in [4.69, 9.17) is 32.7 Å². The molecule has 7 heteroatoms. The van der Waals surface area contributed by atoms with Crippen molar-refractivity contribution >= 4 is 45.8 Å². The summed E-state index contributed by atoms with van der Waals surface area (Å²) in [6.45, 7) is 0. The molecule has 1 heterocycles. The van der Waals surface area contributed by atoms with Gasteiger partial charge in [0, 0.05) is 6.42 Å². The number of halogens is 3. The Morgan fingerprint density at radius 2 is 1.65 bits per heavy atom. The van der Waals surface area contributed by atoms with Crippen LogP contribution in [0.1, 0.15) is 11.4 Å². The minimum Gasteiger partial charge on any atom is -0.493 e. The van der Waals surface area contributed by atoms with Crippen LogP contribution in [-0.2, 0) is 6.42 Å². The van der Waals surface area contributed by atoms with Crippen LogP contribution in [0.25, 0.3) is 0 Å². The van der Waals surface area contributed by atoms with Crippen molar-refractivity contribution in [3.05, 3.63) is 43.5 Å². The van der Waals surface area contributed by atoms with Crippen LogP contribution in [-0.4, -0.2) is 24.2 Å². The molecule has 0 radical (unpaired) electrons. The van der Waals surface area contributed by atoms with Crippen LogP contribution in [0.5, 0.6) is 11.5 Å². The molecule has 106 valence electrons. The van der Waals surface area contributed by atoms with Crippen molar-refractivity contribution in [1.29, 1.82) is 0 Å². The van der Waals surface area contributed by atoms with E-state index in [2.05, 4.69) is 9.97 Å². The van der Waals surface area contributed by atoms with Gasteiger partial charge in [-0.2, -0.15) is 0 Å². The normalized spacial score (nSPS) is 10.4. The Morgan fingerprint density at radius 3 is 2.20 bits per heavy atom. The Hall–Kier alpha value is -0.790. The molecule has 0 aliphatic heterocycles. The van der Waals surface area contributed by atoms with E-state index in [9.17, 15) is 0 Å². The van der Waals surface area contributed by atoms with Crippen LogP contribution >= 0.6 is 45.8 Å². The van der Waals surface area contributed by atoms with Gasteiger partial charge in [-0.3, -0.25) is 0 Å². The summed E-state index contributed by atoms with van der Waals surface area (Å²) in [5.41, 5.74) is 0.982. The molecule has 1 aromatic heterocycles. The van der Waals surface area contributed by atoms with Gasteiger partial charge in [0.15, 0.2) is 11.5 Å². The second-order valence-corrected chi connectivity index (χ2v) is 5.70. The fourth-order valence-corrected chi connectivity index (χ4v) is 2.35. The molecule has 0 aliphatic carbocycles. The van der Waals surface area contributed by atoms with Crippen molar-refractivity contribution in [3.63, 3.8) is 0 Å². The fourth-order valence-electron chi connectivity index (χ4n) is 1.69. The fraction of sp³-hybridized carbons (Fsp3) is 0.231. The molecule has 0 fully saturated rings. The predicted molar refractivity (Wildman–Crippen MR) is 87.1 cm³/mol. The van der Waals surface area contributed by atoms with E-state index in [1.54, 1.807) is 14.2 Å². The zero-order valence-corrected chi connectivity index (χ0v) is 14.5. The lowest BCUT2D eigenvalue weighted by molar-refractivity contribution is 0.354. The summed E-state index contributed by atoms with van der Waals surface area (Å²) in [4.78, 5) is 8.43. The van der Waals surface area contributed by atoms with Crippen molar-refractivity contribution in [2.45, 2.75) is 6.42 Å². The zero-order chi connectivity index (χ0) is 14.7. The Balaban J connectivity index is 2.30. The highest BCUT2D eigenvalue weighted by Crippen LogP contribution is 2.29. The summed E-state index contributed by atoms with van der Waals surface area (Å²) in [7, 11) is 3.19. The van der Waals surface area contributed by atoms with E-state index in [1.807, 2.05) is 40.8 Å². The highest BCUT2D eigenvalue weighted by molar-refractivity contribution is 14.1. The molecule has 0 bridgehead atoms. The second-order valence-electron chi connectivity index (χ2n) is 3.90. The van der Waals surface area contributed by atoms with E-state index < -0.39 is 0 Å². The topological polar surface area (TPSA) is 44.2 Å². The van der Waals surface area contributed by atoms with E-state index in [0.29, 0.717) is 37.6 Å². The van der Waals surface area contributed by atoms with Crippen LogP contribution in [0.4, 0.5) is 0 Å². The van der Waals surface area contributed by atoms with Crippen LogP contribution in [0.3, 0.4) is 0 Å². The number of benzene rings is 1. The smallest absolute Gasteiger partial charge is 0.161 e. The van der Waals surface area contributed by atoms with Gasteiger partial charge in [-0.1, -0.05) is 29.3 Å². The molecule has 4 nitrogen and oxygen atoms in total. The minimum absolute atomic E-state index is 0.362. The molecule has 2 aromatic rings. The largest absolute Gasteiger partial charge is 0.493 e. The molecule has 0 unspecified atom stereocenters. The number of nitrogens with zero attached hydrogens (tertiary/aromatic N) is 2. The van der Waals surface area contributed by atoms with Crippen LogP contribution in [0, 0.1) is 3.57 Å². The summed E-state index contributed by atoms with van der Waals surface area (Å²) >= 11 is 14.0. The van der Waals surface area contributed by atoms with E-state index in [-0.39, 0.29) is 0 Å². The predicted octanol–water partition coefficient (Wildman–Crippen LogP) is 4.00. The number of hydrogen-bond donors (Lipinski definition) is 0. The van der Waals surface area contributed by atoms with Gasteiger partial charge in [-0.05, 0) is 40.3 Å². The lowest BCUT2D eigenvalue weighted by atomic mass is 10.1. The summed E-state index contributed by atoms with van der Waals surface area (Å²) in [5, 5.41) is 0.724. The maximum Gasteiger partial charge on any atom is 0.161 e. The van der Waals surface area contributed by atoms with Gasteiger partial charge in [0.1, 0.15) is 16.1 Å². The molecular formula is C13H11Cl2IN2O2. The highest BCUT2D eigenvalue weighted by Gasteiger charge is 2.11. The molecule has 0 saturated carbocycles. The molecule has 0 atom stereocenters. The van der Waals surface area contributed by atoms with Crippen LogP contribution in [0.15, 0.2) is 18.2 Å². The van der Waals surface area contributed by atoms with E-state index >= 15 is 0 Å². The third-order valence-electron chi connectivity index (χ3n) is 2.63. The monoisotopic (exact) mass is 424 g/mol. The maximum absolute atomic E-state index is 6.00. The van der Waals surface area contributed by atoms with Gasteiger partial charge < -0.3 is 9.47 Å². The lowest BCUT2D eigenvalue weighted by Crippen LogP contribution is -2.00. The maximum atomic E-state index is 6.00. The SMILES string of the molecule is COc1ccc(Cc2nc(Cl)c(I)c(Cl)n2)cc1OC. The number of rotatable bonds is 4. The summed E-state index contributed by atoms with van der Waals surface area (Å²) < 4.78 is 11.1. The summed E-state index contributed by atoms with van der Waals surface area (Å²) in [6, 6.07) is 5.64. The van der Waals surface area contributed by atoms with Crippen molar-refractivity contribution in [2.24, 2.45) is 0 Å². The Bertz CT molecular complexity index is 615. The molecule has 0 amide bonds. The molecule has 1 aromatic carbocycles. The van der Waals surface area contributed by atoms with Gasteiger partial charge in [0.2, 0.25) is 0 Å². The van der Waals surface area contributed by atoms with Crippen molar-refractivity contribution < 1.29 is 9.47 Å². The van der Waals surface area contributed by atoms with Crippen molar-refractivity contribution in [3.8, 4) is 11.5 Å². The first-order chi connectivity index (χ1) is 9.55. The van der Waals surface area contributed by atoms with Gasteiger partial charge in [0.25, 0.3) is 0 Å². The molecule has 0 saturated heterocycles. The van der Waals surface area contributed by atoms with Gasteiger partial charge in [-0.25, -0.2) is 9.97 Å². The minimum atomic E-state index is 0.362. The Labute approximate surface area is 140 Å². The molecule has 0 aliphatic rings. The van der Waals surface area contributed by atoms with Gasteiger partial charge in [0.05, 0.1) is 17.8 Å². The molecule has 2 rings (SSSR count). The van der Waals surface area contributed by atoms with E-state index in [1.165, 1.54) is 0 Å². The summed E-state index contributed by atoms with van der Waals surface area (Å²) in [5.74, 6) is 1.90. The van der Waals surface area contributed by atoms with Crippen molar-refractivity contribution in [2.75, 3.05) is 14.2 Å². The number of hydrogen-bond acceptors (Lipinski definition) is 4. The average Bonchev–Trinajstić information content (AvgIpc) is 2.44. The average molecular weight is 425 g/mol. The lowest BCUT2D eigenvalue weighted by Gasteiger charge is -2.09. The number of aromatic nitrogens is 2. The van der Waals surface area contributed by atoms with Gasteiger partial charge >= 0.3 is 0 Å². The zero-order valence-electron chi connectivity index (χ0n) is 10.8. The third kappa shape index (κ3) is 3.45. The third-order valence-corrected chi connectivity index (χ3v) is 4.83. The first-order valence-electron chi connectivity index (χ1n) is 5.63. The standard InChI is InChI=1S/C13H11Cl2IN2O2/c1-19-8-4-3-7(5-9(8)20-2)6-10-17-12(14)11(16)13(15)18-10/h3-5H,6H2,1-2H3. The van der Waals surface area contributed by atoms with Gasteiger partial charge in [-0.15, -0.1) is 0 Å². The molecular weight excluding hydrogens is 414 g/mol. The molecule has 0 N–H and O–H groups in total. The van der Waals surface area contributed by atoms with Crippen LogP contribution in [0.2, 0.25) is 10.3 Å². The number of ether oxygens (including phenoxy) is 2. The number of methoxy groups -OCH3 is 2. The Morgan fingerprint density at radius 1 is 1.05 bits per heavy atom. The summed E-state index contributed by atoms with van der Waals surface area (Å²) in [6.07, 6.45) is 0.511. The molecule has 0 spiro atoms. The first kappa shape index (κ1) is 15.6. The highest BCUT2D eigenvalue weighted by atomic mass is 127. The van der Waals surface area contributed by atoms with E-state index in [0.717, 1.165) is 5.56 Å². The van der Waals surface area contributed by atoms with Crippen molar-refractivity contribution in [1.82, 2.24) is 9.97 Å². The van der Waals surface area contributed by atoms with Crippen LogP contribution < -0.4 is 9.47 Å². The quantitative estimate of drug-likeness (QED) is 0.549.